The summed E-state index contributed by atoms with van der Waals surface area (Å²) in [7, 11) is 0. The number of carbonyl (C=O) groups excluding carboxylic acids is 1. The number of anilines is 1. The van der Waals surface area contributed by atoms with Crippen LogP contribution in [-0.2, 0) is 11.3 Å². The molecule has 1 aliphatic rings. The van der Waals surface area contributed by atoms with Crippen molar-refractivity contribution in [3.05, 3.63) is 52.8 Å². The number of nitrogens with one attached hydrogen (secondary N) is 1. The van der Waals surface area contributed by atoms with Gasteiger partial charge in [0.1, 0.15) is 0 Å². The molecule has 0 saturated carbocycles. The summed E-state index contributed by atoms with van der Waals surface area (Å²) in [6, 6.07) is 9.42. The summed E-state index contributed by atoms with van der Waals surface area (Å²) in [6.45, 7) is 3.99. The first-order chi connectivity index (χ1) is 11.6. The number of nitrogens with zero attached hydrogens (tertiary/aromatic N) is 3. The molecular formula is C18H21ClN4O. The van der Waals surface area contributed by atoms with Crippen molar-refractivity contribution in [2.75, 3.05) is 18.0 Å². The SMILES string of the molecule is Cc1ccnc(N2CCC[C@@H](C(=O)NCc3cccc(Cl)c3)C2)n1. The Kier molecular flexibility index (Phi) is 5.30. The van der Waals surface area contributed by atoms with E-state index < -0.39 is 0 Å². The van der Waals surface area contributed by atoms with Gasteiger partial charge in [0, 0.05) is 36.5 Å². The molecule has 1 aromatic heterocycles. The van der Waals surface area contributed by atoms with E-state index in [0.717, 1.165) is 30.6 Å². The first kappa shape index (κ1) is 16.7. The predicted octanol–water partition coefficient (Wildman–Crippen LogP) is 2.97. The molecule has 0 unspecified atom stereocenters. The maximum Gasteiger partial charge on any atom is 0.225 e. The Labute approximate surface area is 147 Å². The van der Waals surface area contributed by atoms with Gasteiger partial charge in [-0.05, 0) is 43.5 Å². The summed E-state index contributed by atoms with van der Waals surface area (Å²) in [5.41, 5.74) is 1.94. The maximum absolute atomic E-state index is 12.5. The molecule has 5 nitrogen and oxygen atoms in total. The van der Waals surface area contributed by atoms with Gasteiger partial charge < -0.3 is 10.2 Å². The van der Waals surface area contributed by atoms with Gasteiger partial charge in [-0.25, -0.2) is 9.97 Å². The van der Waals surface area contributed by atoms with Gasteiger partial charge in [-0.2, -0.15) is 0 Å². The van der Waals surface area contributed by atoms with Gasteiger partial charge in [-0.1, -0.05) is 23.7 Å². The van der Waals surface area contributed by atoms with Gasteiger partial charge in [0.05, 0.1) is 5.92 Å². The van der Waals surface area contributed by atoms with Crippen LogP contribution < -0.4 is 10.2 Å². The molecule has 1 aliphatic heterocycles. The van der Waals surface area contributed by atoms with Crippen LogP contribution in [0, 0.1) is 12.8 Å². The zero-order valence-corrected chi connectivity index (χ0v) is 14.5. The normalized spacial score (nSPS) is 17.6. The lowest BCUT2D eigenvalue weighted by atomic mass is 9.97. The number of piperidine rings is 1. The lowest BCUT2D eigenvalue weighted by Crippen LogP contribution is -2.43. The first-order valence-corrected chi connectivity index (χ1v) is 8.56. The molecule has 1 N–H and O–H groups in total. The van der Waals surface area contributed by atoms with Crippen molar-refractivity contribution >= 4 is 23.5 Å². The van der Waals surface area contributed by atoms with Gasteiger partial charge in [0.2, 0.25) is 11.9 Å². The number of carbonyl (C=O) groups is 1. The molecule has 0 aliphatic carbocycles. The molecule has 2 aromatic rings. The van der Waals surface area contributed by atoms with E-state index in [1.807, 2.05) is 37.3 Å². The Hall–Kier alpha value is -2.14. The third kappa shape index (κ3) is 4.23. The average molecular weight is 345 g/mol. The fourth-order valence-electron chi connectivity index (χ4n) is 2.94. The number of aromatic nitrogens is 2. The minimum absolute atomic E-state index is 0.0398. The van der Waals surface area contributed by atoms with Crippen LogP contribution in [0.5, 0.6) is 0 Å². The monoisotopic (exact) mass is 344 g/mol. The Morgan fingerprint density at radius 1 is 1.42 bits per heavy atom. The third-order valence-corrected chi connectivity index (χ3v) is 4.45. The van der Waals surface area contributed by atoms with E-state index >= 15 is 0 Å². The van der Waals surface area contributed by atoms with Gasteiger partial charge in [-0.15, -0.1) is 0 Å². The number of aryl methyl sites for hydroxylation is 1. The lowest BCUT2D eigenvalue weighted by molar-refractivity contribution is -0.125. The summed E-state index contributed by atoms with van der Waals surface area (Å²) in [5.74, 6) is 0.747. The summed E-state index contributed by atoms with van der Waals surface area (Å²) in [5, 5.41) is 3.70. The molecule has 3 rings (SSSR count). The number of rotatable bonds is 4. The highest BCUT2D eigenvalue weighted by Crippen LogP contribution is 2.20. The topological polar surface area (TPSA) is 58.1 Å². The fraction of sp³-hybridized carbons (Fsp3) is 0.389. The van der Waals surface area contributed by atoms with E-state index in [2.05, 4.69) is 20.2 Å². The molecule has 2 heterocycles. The zero-order chi connectivity index (χ0) is 16.9. The molecule has 1 aromatic carbocycles. The maximum atomic E-state index is 12.5. The van der Waals surface area contributed by atoms with Crippen LogP contribution in [-0.4, -0.2) is 29.0 Å². The second-order valence-corrected chi connectivity index (χ2v) is 6.57. The van der Waals surface area contributed by atoms with Crippen LogP contribution >= 0.6 is 11.6 Å². The molecule has 24 heavy (non-hydrogen) atoms. The molecule has 1 fully saturated rings. The minimum atomic E-state index is -0.0398. The largest absolute Gasteiger partial charge is 0.352 e. The molecule has 0 spiro atoms. The van der Waals surface area contributed by atoms with E-state index in [0.29, 0.717) is 24.1 Å². The van der Waals surface area contributed by atoms with Crippen LogP contribution in [0.1, 0.15) is 24.1 Å². The average Bonchev–Trinajstić information content (AvgIpc) is 2.60. The van der Waals surface area contributed by atoms with E-state index in [1.165, 1.54) is 0 Å². The minimum Gasteiger partial charge on any atom is -0.352 e. The second kappa shape index (κ2) is 7.62. The summed E-state index contributed by atoms with van der Waals surface area (Å²) in [6.07, 6.45) is 3.62. The number of benzene rings is 1. The van der Waals surface area contributed by atoms with Crippen molar-refractivity contribution in [3.63, 3.8) is 0 Å². The summed E-state index contributed by atoms with van der Waals surface area (Å²) < 4.78 is 0. The van der Waals surface area contributed by atoms with Crippen molar-refractivity contribution in [2.24, 2.45) is 5.92 Å². The van der Waals surface area contributed by atoms with Crippen LogP contribution in [0.15, 0.2) is 36.5 Å². The Morgan fingerprint density at radius 2 is 2.29 bits per heavy atom. The van der Waals surface area contributed by atoms with Crippen LogP contribution in [0.2, 0.25) is 5.02 Å². The highest BCUT2D eigenvalue weighted by Gasteiger charge is 2.26. The van der Waals surface area contributed by atoms with Crippen molar-refractivity contribution < 1.29 is 4.79 Å². The van der Waals surface area contributed by atoms with E-state index in [4.69, 9.17) is 11.6 Å². The Bertz CT molecular complexity index is 722. The molecule has 1 atom stereocenters. The van der Waals surface area contributed by atoms with Crippen LogP contribution in [0.4, 0.5) is 5.95 Å². The standard InChI is InChI=1S/C18H21ClN4O/c1-13-7-8-20-18(22-13)23-9-3-5-15(12-23)17(24)21-11-14-4-2-6-16(19)10-14/h2,4,6-8,10,15H,3,5,9,11-12H2,1H3,(H,21,24)/t15-/m1/s1. The second-order valence-electron chi connectivity index (χ2n) is 6.13. The third-order valence-electron chi connectivity index (χ3n) is 4.21. The molecule has 126 valence electrons. The van der Waals surface area contributed by atoms with Gasteiger partial charge in [-0.3, -0.25) is 4.79 Å². The highest BCUT2D eigenvalue weighted by atomic mass is 35.5. The van der Waals surface area contributed by atoms with Gasteiger partial charge >= 0.3 is 0 Å². The molecule has 6 heteroatoms. The number of hydrogen-bond donors (Lipinski definition) is 1. The molecule has 1 amide bonds. The molecular weight excluding hydrogens is 324 g/mol. The van der Waals surface area contributed by atoms with Crippen molar-refractivity contribution in [3.8, 4) is 0 Å². The van der Waals surface area contributed by atoms with Crippen molar-refractivity contribution in [1.29, 1.82) is 0 Å². The molecule has 0 bridgehead atoms. The molecule has 1 saturated heterocycles. The molecule has 0 radical (unpaired) electrons. The number of hydrogen-bond acceptors (Lipinski definition) is 4. The highest BCUT2D eigenvalue weighted by molar-refractivity contribution is 6.30. The van der Waals surface area contributed by atoms with E-state index in [9.17, 15) is 4.79 Å². The summed E-state index contributed by atoms with van der Waals surface area (Å²) >= 11 is 5.98. The van der Waals surface area contributed by atoms with Gasteiger partial charge in [0.15, 0.2) is 0 Å². The van der Waals surface area contributed by atoms with Crippen LogP contribution in [0.25, 0.3) is 0 Å². The fourth-order valence-corrected chi connectivity index (χ4v) is 3.15. The first-order valence-electron chi connectivity index (χ1n) is 8.18. The summed E-state index contributed by atoms with van der Waals surface area (Å²) in [4.78, 5) is 23.4. The Balaban J connectivity index is 1.59. The predicted molar refractivity (Wildman–Crippen MR) is 95.0 cm³/mol. The van der Waals surface area contributed by atoms with Crippen LogP contribution in [0.3, 0.4) is 0 Å². The van der Waals surface area contributed by atoms with Crippen molar-refractivity contribution in [1.82, 2.24) is 15.3 Å². The lowest BCUT2D eigenvalue weighted by Gasteiger charge is -2.32. The van der Waals surface area contributed by atoms with Crippen molar-refractivity contribution in [2.45, 2.75) is 26.3 Å². The Morgan fingerprint density at radius 3 is 3.08 bits per heavy atom. The van der Waals surface area contributed by atoms with Gasteiger partial charge in [0.25, 0.3) is 0 Å². The zero-order valence-electron chi connectivity index (χ0n) is 13.7. The van der Waals surface area contributed by atoms with E-state index in [-0.39, 0.29) is 11.8 Å². The number of amides is 1. The number of halogens is 1. The quantitative estimate of drug-likeness (QED) is 0.926. The van der Waals surface area contributed by atoms with E-state index in [1.54, 1.807) is 6.20 Å². The smallest absolute Gasteiger partial charge is 0.225 e.